The summed E-state index contributed by atoms with van der Waals surface area (Å²) in [6.07, 6.45) is -0.629. The Morgan fingerprint density at radius 3 is 2.63 bits per heavy atom. The van der Waals surface area contributed by atoms with Crippen molar-refractivity contribution in [3.63, 3.8) is 0 Å². The Morgan fingerprint density at radius 2 is 1.95 bits per heavy atom. The van der Waals surface area contributed by atoms with E-state index in [4.69, 9.17) is 4.74 Å². The van der Waals surface area contributed by atoms with Crippen molar-refractivity contribution in [3.05, 3.63) is 59.9 Å². The Morgan fingerprint density at radius 1 is 1.21 bits per heavy atom. The van der Waals surface area contributed by atoms with Gasteiger partial charge in [0.25, 0.3) is 0 Å². The van der Waals surface area contributed by atoms with Crippen molar-refractivity contribution in [2.75, 3.05) is 19.0 Å². The maximum absolute atomic E-state index is 13.0. The van der Waals surface area contributed by atoms with Crippen LogP contribution < -0.4 is 10.1 Å². The number of methoxy groups -OCH3 is 1. The number of hydrogen-bond acceptors (Lipinski definition) is 3. The highest BCUT2D eigenvalue weighted by molar-refractivity contribution is 5.56. The monoisotopic (exact) mass is 261 g/mol. The molecule has 19 heavy (non-hydrogen) atoms. The highest BCUT2D eigenvalue weighted by Gasteiger charge is 2.09. The molecule has 0 bridgehead atoms. The van der Waals surface area contributed by atoms with E-state index in [0.717, 1.165) is 5.56 Å². The highest BCUT2D eigenvalue weighted by Crippen LogP contribution is 2.25. The molecule has 0 heterocycles. The lowest BCUT2D eigenvalue weighted by Gasteiger charge is -2.15. The van der Waals surface area contributed by atoms with Gasteiger partial charge in [0.1, 0.15) is 11.6 Å². The van der Waals surface area contributed by atoms with Crippen LogP contribution in [0.5, 0.6) is 5.75 Å². The first-order valence-electron chi connectivity index (χ1n) is 6.01. The van der Waals surface area contributed by atoms with Crippen molar-refractivity contribution in [3.8, 4) is 5.75 Å². The van der Waals surface area contributed by atoms with Gasteiger partial charge in [0, 0.05) is 12.6 Å². The van der Waals surface area contributed by atoms with Crippen LogP contribution in [0, 0.1) is 5.82 Å². The molecule has 0 aliphatic rings. The quantitative estimate of drug-likeness (QED) is 0.869. The molecule has 1 atom stereocenters. The number of hydrogen-bond donors (Lipinski definition) is 2. The summed E-state index contributed by atoms with van der Waals surface area (Å²) in [7, 11) is 1.48. The maximum Gasteiger partial charge on any atom is 0.144 e. The van der Waals surface area contributed by atoms with Crippen LogP contribution in [0.3, 0.4) is 0 Å². The Kier molecular flexibility index (Phi) is 4.36. The van der Waals surface area contributed by atoms with E-state index >= 15 is 0 Å². The number of halogens is 1. The zero-order valence-electron chi connectivity index (χ0n) is 10.6. The van der Waals surface area contributed by atoms with Crippen LogP contribution >= 0.6 is 0 Å². The van der Waals surface area contributed by atoms with Crippen LogP contribution in [0.2, 0.25) is 0 Å². The molecule has 0 saturated carbocycles. The predicted octanol–water partition coefficient (Wildman–Crippen LogP) is 2.98. The molecule has 2 N–H and O–H groups in total. The number of rotatable bonds is 5. The maximum atomic E-state index is 13.0. The molecule has 0 amide bonds. The largest absolute Gasteiger partial charge is 0.494 e. The van der Waals surface area contributed by atoms with E-state index in [-0.39, 0.29) is 5.82 Å². The minimum atomic E-state index is -0.629. The molecule has 0 aliphatic heterocycles. The lowest BCUT2D eigenvalue weighted by atomic mass is 10.1. The van der Waals surface area contributed by atoms with Crippen LogP contribution in [0.1, 0.15) is 11.7 Å². The average molecular weight is 261 g/mol. The van der Waals surface area contributed by atoms with Gasteiger partial charge in [0.05, 0.1) is 18.9 Å². The predicted molar refractivity (Wildman–Crippen MR) is 72.8 cm³/mol. The van der Waals surface area contributed by atoms with Gasteiger partial charge in [0.2, 0.25) is 0 Å². The number of ether oxygens (including phenoxy) is 1. The Bertz CT molecular complexity index is 531. The van der Waals surface area contributed by atoms with Crippen molar-refractivity contribution in [2.24, 2.45) is 0 Å². The van der Waals surface area contributed by atoms with Gasteiger partial charge in [-0.2, -0.15) is 0 Å². The second-order valence-corrected chi connectivity index (χ2v) is 4.15. The van der Waals surface area contributed by atoms with E-state index in [1.165, 1.54) is 19.2 Å². The average Bonchev–Trinajstić information content (AvgIpc) is 2.46. The van der Waals surface area contributed by atoms with Crippen molar-refractivity contribution in [2.45, 2.75) is 6.10 Å². The Labute approximate surface area is 111 Å². The molecule has 100 valence electrons. The summed E-state index contributed by atoms with van der Waals surface area (Å²) in [4.78, 5) is 0. The summed E-state index contributed by atoms with van der Waals surface area (Å²) < 4.78 is 18.1. The highest BCUT2D eigenvalue weighted by atomic mass is 19.1. The minimum absolute atomic E-state index is 0.325. The molecular formula is C15H16FNO2. The smallest absolute Gasteiger partial charge is 0.144 e. The first-order chi connectivity index (χ1) is 9.20. The van der Waals surface area contributed by atoms with Gasteiger partial charge in [-0.3, -0.25) is 0 Å². The van der Waals surface area contributed by atoms with Crippen LogP contribution in [0.15, 0.2) is 48.5 Å². The van der Waals surface area contributed by atoms with Crippen molar-refractivity contribution in [1.29, 1.82) is 0 Å². The zero-order valence-corrected chi connectivity index (χ0v) is 10.6. The molecule has 4 heteroatoms. The number of nitrogens with one attached hydrogen (secondary N) is 1. The van der Waals surface area contributed by atoms with Gasteiger partial charge in [-0.15, -0.1) is 0 Å². The van der Waals surface area contributed by atoms with Crippen LogP contribution in [0.25, 0.3) is 0 Å². The van der Waals surface area contributed by atoms with Crippen molar-refractivity contribution < 1.29 is 14.2 Å². The van der Waals surface area contributed by atoms with E-state index < -0.39 is 6.10 Å². The number of anilines is 1. The fourth-order valence-electron chi connectivity index (χ4n) is 1.81. The van der Waals surface area contributed by atoms with Crippen molar-refractivity contribution in [1.82, 2.24) is 0 Å². The minimum Gasteiger partial charge on any atom is -0.494 e. The van der Waals surface area contributed by atoms with Gasteiger partial charge in [0.15, 0.2) is 0 Å². The van der Waals surface area contributed by atoms with E-state index in [2.05, 4.69) is 5.32 Å². The van der Waals surface area contributed by atoms with Crippen molar-refractivity contribution >= 4 is 5.69 Å². The van der Waals surface area contributed by atoms with E-state index in [1.807, 2.05) is 30.3 Å². The normalized spacial score (nSPS) is 11.9. The number of aliphatic hydroxyl groups is 1. The lowest BCUT2D eigenvalue weighted by Crippen LogP contribution is -2.12. The second kappa shape index (κ2) is 6.20. The molecule has 0 radical (unpaired) electrons. The molecule has 1 unspecified atom stereocenters. The Balaban J connectivity index is 2.03. The van der Waals surface area contributed by atoms with E-state index in [0.29, 0.717) is 18.0 Å². The molecule has 0 aliphatic carbocycles. The molecular weight excluding hydrogens is 245 g/mol. The molecule has 3 nitrogen and oxygen atoms in total. The van der Waals surface area contributed by atoms with Crippen LogP contribution in [-0.2, 0) is 0 Å². The third-order valence-electron chi connectivity index (χ3n) is 2.83. The SMILES string of the molecule is COc1cc(F)ccc1NCC(O)c1ccccc1. The summed E-state index contributed by atoms with van der Waals surface area (Å²) in [5.41, 5.74) is 1.48. The summed E-state index contributed by atoms with van der Waals surface area (Å²) in [5.74, 6) is 0.0614. The van der Waals surface area contributed by atoms with Gasteiger partial charge in [-0.25, -0.2) is 4.39 Å². The topological polar surface area (TPSA) is 41.5 Å². The number of benzene rings is 2. The summed E-state index contributed by atoms with van der Waals surface area (Å²) in [6.45, 7) is 0.325. The first-order valence-corrected chi connectivity index (χ1v) is 6.01. The zero-order chi connectivity index (χ0) is 13.7. The molecule has 0 saturated heterocycles. The van der Waals surface area contributed by atoms with E-state index in [9.17, 15) is 9.50 Å². The van der Waals surface area contributed by atoms with Gasteiger partial charge in [-0.1, -0.05) is 30.3 Å². The third-order valence-corrected chi connectivity index (χ3v) is 2.83. The summed E-state index contributed by atoms with van der Waals surface area (Å²) in [5, 5.41) is 13.1. The van der Waals surface area contributed by atoms with Gasteiger partial charge < -0.3 is 15.2 Å². The fourth-order valence-corrected chi connectivity index (χ4v) is 1.81. The van der Waals surface area contributed by atoms with E-state index in [1.54, 1.807) is 6.07 Å². The van der Waals surface area contributed by atoms with Gasteiger partial charge >= 0.3 is 0 Å². The lowest BCUT2D eigenvalue weighted by molar-refractivity contribution is 0.191. The number of aliphatic hydroxyl groups excluding tert-OH is 1. The van der Waals surface area contributed by atoms with Crippen LogP contribution in [-0.4, -0.2) is 18.8 Å². The molecule has 2 aromatic rings. The summed E-state index contributed by atoms with van der Waals surface area (Å²) >= 11 is 0. The second-order valence-electron chi connectivity index (χ2n) is 4.15. The molecule has 0 spiro atoms. The fraction of sp³-hybridized carbons (Fsp3) is 0.200. The van der Waals surface area contributed by atoms with Gasteiger partial charge in [-0.05, 0) is 17.7 Å². The molecule has 2 rings (SSSR count). The summed E-state index contributed by atoms with van der Waals surface area (Å²) in [6, 6.07) is 13.6. The van der Waals surface area contributed by atoms with Crippen LogP contribution in [0.4, 0.5) is 10.1 Å². The molecule has 0 fully saturated rings. The molecule has 0 aromatic heterocycles. The Hall–Kier alpha value is -2.07. The molecule has 2 aromatic carbocycles. The standard InChI is InChI=1S/C15H16FNO2/c1-19-15-9-12(16)7-8-13(15)17-10-14(18)11-5-3-2-4-6-11/h2-9,14,17-18H,10H2,1H3. The first kappa shape index (κ1) is 13.4. The third kappa shape index (κ3) is 3.45.